The van der Waals surface area contributed by atoms with Gasteiger partial charge in [0, 0.05) is 6.54 Å². The standard InChI is InChI=1S/C15H18FNO3/c16-11-4-1-3-10(9-11)7-8-17-14(18)12-5-2-6-13(12)15(19)20/h1,3-4,9,12-13H,2,5-8H2,(H,17,18)(H,19,20)/t12-,13+/m1/s1. The Balaban J connectivity index is 1.82. The van der Waals surface area contributed by atoms with E-state index >= 15 is 0 Å². The summed E-state index contributed by atoms with van der Waals surface area (Å²) in [6.45, 7) is 0.394. The molecule has 1 aliphatic carbocycles. The van der Waals surface area contributed by atoms with Gasteiger partial charge < -0.3 is 10.4 Å². The minimum absolute atomic E-state index is 0.202. The van der Waals surface area contributed by atoms with Crippen LogP contribution in [0.15, 0.2) is 24.3 Å². The highest BCUT2D eigenvalue weighted by Crippen LogP contribution is 2.31. The molecular weight excluding hydrogens is 261 g/mol. The van der Waals surface area contributed by atoms with E-state index in [1.807, 2.05) is 0 Å². The van der Waals surface area contributed by atoms with Gasteiger partial charge in [0.1, 0.15) is 5.82 Å². The van der Waals surface area contributed by atoms with E-state index in [4.69, 9.17) is 5.11 Å². The summed E-state index contributed by atoms with van der Waals surface area (Å²) in [6, 6.07) is 6.23. The van der Waals surface area contributed by atoms with Gasteiger partial charge in [-0.25, -0.2) is 4.39 Å². The number of amides is 1. The Kier molecular flexibility index (Phi) is 4.71. The molecule has 1 amide bonds. The molecule has 0 bridgehead atoms. The molecule has 2 rings (SSSR count). The highest BCUT2D eigenvalue weighted by molar-refractivity contribution is 5.85. The number of aliphatic carboxylic acids is 1. The lowest BCUT2D eigenvalue weighted by Crippen LogP contribution is -2.36. The molecule has 1 fully saturated rings. The fourth-order valence-electron chi connectivity index (χ4n) is 2.72. The maximum absolute atomic E-state index is 13.0. The Bertz CT molecular complexity index is 504. The number of carbonyl (C=O) groups is 2. The third kappa shape index (κ3) is 3.56. The topological polar surface area (TPSA) is 66.4 Å². The Morgan fingerprint density at radius 2 is 2.05 bits per heavy atom. The van der Waals surface area contributed by atoms with Gasteiger partial charge in [-0.05, 0) is 37.0 Å². The van der Waals surface area contributed by atoms with Crippen molar-refractivity contribution >= 4 is 11.9 Å². The summed E-state index contributed by atoms with van der Waals surface area (Å²) in [6.07, 6.45) is 2.51. The molecule has 1 aliphatic rings. The molecule has 0 spiro atoms. The molecule has 0 aromatic heterocycles. The van der Waals surface area contributed by atoms with Gasteiger partial charge in [0.05, 0.1) is 11.8 Å². The number of halogens is 1. The summed E-state index contributed by atoms with van der Waals surface area (Å²) in [5, 5.41) is 11.8. The summed E-state index contributed by atoms with van der Waals surface area (Å²) in [5.74, 6) is -2.39. The summed E-state index contributed by atoms with van der Waals surface area (Å²) >= 11 is 0. The molecular formula is C15H18FNO3. The van der Waals surface area contributed by atoms with Crippen molar-refractivity contribution in [3.05, 3.63) is 35.6 Å². The maximum Gasteiger partial charge on any atom is 0.307 e. The van der Waals surface area contributed by atoms with Crippen molar-refractivity contribution in [3.63, 3.8) is 0 Å². The quantitative estimate of drug-likeness (QED) is 0.866. The Morgan fingerprint density at radius 3 is 2.75 bits per heavy atom. The van der Waals surface area contributed by atoms with Crippen LogP contribution in [0.1, 0.15) is 24.8 Å². The van der Waals surface area contributed by atoms with E-state index in [0.29, 0.717) is 25.8 Å². The van der Waals surface area contributed by atoms with Gasteiger partial charge in [0.25, 0.3) is 0 Å². The summed E-state index contributed by atoms with van der Waals surface area (Å²) in [4.78, 5) is 23.0. The van der Waals surface area contributed by atoms with Crippen LogP contribution in [0.25, 0.3) is 0 Å². The summed E-state index contributed by atoms with van der Waals surface area (Å²) in [7, 11) is 0. The number of rotatable bonds is 5. The number of carboxylic acid groups (broad SMARTS) is 1. The molecule has 108 valence electrons. The van der Waals surface area contributed by atoms with Gasteiger partial charge in [0.15, 0.2) is 0 Å². The predicted molar refractivity (Wildman–Crippen MR) is 71.6 cm³/mol. The number of nitrogens with one attached hydrogen (secondary N) is 1. The monoisotopic (exact) mass is 279 g/mol. The molecule has 4 nitrogen and oxygen atoms in total. The zero-order chi connectivity index (χ0) is 14.5. The summed E-state index contributed by atoms with van der Waals surface area (Å²) in [5.41, 5.74) is 0.812. The van der Waals surface area contributed by atoms with Crippen LogP contribution >= 0.6 is 0 Å². The Labute approximate surface area is 117 Å². The third-order valence-corrected chi connectivity index (χ3v) is 3.77. The van der Waals surface area contributed by atoms with Crippen LogP contribution in [0, 0.1) is 17.7 Å². The first-order valence-electron chi connectivity index (χ1n) is 6.83. The third-order valence-electron chi connectivity index (χ3n) is 3.77. The Hall–Kier alpha value is -1.91. The first-order valence-corrected chi connectivity index (χ1v) is 6.83. The largest absolute Gasteiger partial charge is 0.481 e. The normalized spacial score (nSPS) is 21.6. The van der Waals surface area contributed by atoms with E-state index in [1.165, 1.54) is 12.1 Å². The van der Waals surface area contributed by atoms with Crippen molar-refractivity contribution in [2.24, 2.45) is 11.8 Å². The fourth-order valence-corrected chi connectivity index (χ4v) is 2.72. The second kappa shape index (κ2) is 6.50. The first-order chi connectivity index (χ1) is 9.58. The Morgan fingerprint density at radius 1 is 1.30 bits per heavy atom. The number of hydrogen-bond acceptors (Lipinski definition) is 2. The van der Waals surface area contributed by atoms with Gasteiger partial charge in [-0.2, -0.15) is 0 Å². The number of hydrogen-bond donors (Lipinski definition) is 2. The van der Waals surface area contributed by atoms with Crippen molar-refractivity contribution in [3.8, 4) is 0 Å². The minimum Gasteiger partial charge on any atom is -0.481 e. The van der Waals surface area contributed by atoms with Crippen LogP contribution in [0.2, 0.25) is 0 Å². The van der Waals surface area contributed by atoms with Crippen molar-refractivity contribution < 1.29 is 19.1 Å². The van der Waals surface area contributed by atoms with Gasteiger partial charge in [-0.1, -0.05) is 18.6 Å². The number of carboxylic acids is 1. The maximum atomic E-state index is 13.0. The highest BCUT2D eigenvalue weighted by Gasteiger charge is 2.37. The second-order valence-electron chi connectivity index (χ2n) is 5.15. The van der Waals surface area contributed by atoms with E-state index < -0.39 is 17.8 Å². The molecule has 2 atom stereocenters. The minimum atomic E-state index is -0.896. The molecule has 1 aromatic carbocycles. The van der Waals surface area contributed by atoms with Crippen LogP contribution in [0.5, 0.6) is 0 Å². The molecule has 0 unspecified atom stereocenters. The van der Waals surface area contributed by atoms with Crippen molar-refractivity contribution in [2.75, 3.05) is 6.54 Å². The van der Waals surface area contributed by atoms with Crippen molar-refractivity contribution in [1.82, 2.24) is 5.32 Å². The molecule has 1 aromatic rings. The van der Waals surface area contributed by atoms with Crippen LogP contribution < -0.4 is 5.32 Å². The number of benzene rings is 1. The molecule has 0 aliphatic heterocycles. The first kappa shape index (κ1) is 14.5. The lowest BCUT2D eigenvalue weighted by atomic mass is 9.95. The van der Waals surface area contributed by atoms with Crippen molar-refractivity contribution in [1.29, 1.82) is 0 Å². The van der Waals surface area contributed by atoms with Gasteiger partial charge in [0.2, 0.25) is 5.91 Å². The van der Waals surface area contributed by atoms with E-state index in [9.17, 15) is 14.0 Å². The number of carbonyl (C=O) groups excluding carboxylic acids is 1. The lowest BCUT2D eigenvalue weighted by Gasteiger charge is -2.15. The van der Waals surface area contributed by atoms with E-state index in [1.54, 1.807) is 12.1 Å². The second-order valence-corrected chi connectivity index (χ2v) is 5.15. The van der Waals surface area contributed by atoms with Gasteiger partial charge in [-0.3, -0.25) is 9.59 Å². The smallest absolute Gasteiger partial charge is 0.307 e. The molecule has 1 saturated carbocycles. The average Bonchev–Trinajstić information content (AvgIpc) is 2.88. The summed E-state index contributed by atoms with van der Waals surface area (Å²) < 4.78 is 13.0. The molecule has 20 heavy (non-hydrogen) atoms. The van der Waals surface area contributed by atoms with Crippen LogP contribution in [0.3, 0.4) is 0 Å². The zero-order valence-corrected chi connectivity index (χ0v) is 11.1. The predicted octanol–water partition coefficient (Wildman–Crippen LogP) is 1.99. The molecule has 5 heteroatoms. The van der Waals surface area contributed by atoms with Crippen molar-refractivity contribution in [2.45, 2.75) is 25.7 Å². The zero-order valence-electron chi connectivity index (χ0n) is 11.1. The van der Waals surface area contributed by atoms with Gasteiger partial charge >= 0.3 is 5.97 Å². The lowest BCUT2D eigenvalue weighted by molar-refractivity contribution is -0.146. The average molecular weight is 279 g/mol. The van der Waals surface area contributed by atoms with E-state index in [2.05, 4.69) is 5.32 Å². The van der Waals surface area contributed by atoms with Crippen LogP contribution in [-0.4, -0.2) is 23.5 Å². The van der Waals surface area contributed by atoms with Crippen LogP contribution in [-0.2, 0) is 16.0 Å². The molecule has 2 N–H and O–H groups in total. The van der Waals surface area contributed by atoms with E-state index in [0.717, 1.165) is 12.0 Å². The van der Waals surface area contributed by atoms with Crippen LogP contribution in [0.4, 0.5) is 4.39 Å². The SMILES string of the molecule is O=C(O)[C@H]1CCC[C@H]1C(=O)NCCc1cccc(F)c1. The fraction of sp³-hybridized carbons (Fsp3) is 0.467. The molecule has 0 saturated heterocycles. The van der Waals surface area contributed by atoms with Gasteiger partial charge in [-0.15, -0.1) is 0 Å². The van der Waals surface area contributed by atoms with E-state index in [-0.39, 0.29) is 11.7 Å². The molecule has 0 heterocycles. The molecule has 0 radical (unpaired) electrons. The highest BCUT2D eigenvalue weighted by atomic mass is 19.1.